The molecule has 0 fully saturated rings. The van der Waals surface area contributed by atoms with Gasteiger partial charge in [-0.25, -0.2) is 0 Å². The van der Waals surface area contributed by atoms with Crippen LogP contribution >= 0.6 is 0 Å². The molecule has 0 amide bonds. The van der Waals surface area contributed by atoms with E-state index in [2.05, 4.69) is 44.0 Å². The van der Waals surface area contributed by atoms with Crippen LogP contribution < -0.4 is 0 Å². The lowest BCUT2D eigenvalue weighted by Crippen LogP contribution is -2.34. The zero-order valence-corrected chi connectivity index (χ0v) is 12.5. The first kappa shape index (κ1) is 15.1. The normalized spacial score (nSPS) is 15.7. The molecule has 18 heavy (non-hydrogen) atoms. The van der Waals surface area contributed by atoms with Crippen molar-refractivity contribution in [2.75, 3.05) is 25.6 Å². The number of nitrogens with zero attached hydrogens (tertiary/aromatic N) is 1. The van der Waals surface area contributed by atoms with Crippen molar-refractivity contribution in [3.05, 3.63) is 41.5 Å². The first-order chi connectivity index (χ1) is 8.49. The molecule has 0 bridgehead atoms. The molecule has 0 heterocycles. The highest BCUT2D eigenvalue weighted by Crippen LogP contribution is 2.08. The Labute approximate surface area is 113 Å². The largest absolute Gasteiger partial charge is 0.299 e. The summed E-state index contributed by atoms with van der Waals surface area (Å²) in [6, 6.07) is 10.7. The first-order valence-electron chi connectivity index (χ1n) is 6.21. The fourth-order valence-corrected chi connectivity index (χ4v) is 2.83. The number of rotatable bonds is 6. The van der Waals surface area contributed by atoms with Gasteiger partial charge in [-0.2, -0.15) is 0 Å². The monoisotopic (exact) mass is 265 g/mol. The number of hydrogen-bond acceptors (Lipinski definition) is 2. The maximum atomic E-state index is 11.2. The van der Waals surface area contributed by atoms with E-state index in [0.29, 0.717) is 6.04 Å². The fraction of sp³-hybridized carbons (Fsp3) is 0.467. The predicted molar refractivity (Wildman–Crippen MR) is 81.1 cm³/mol. The van der Waals surface area contributed by atoms with Crippen LogP contribution in [0.2, 0.25) is 0 Å². The van der Waals surface area contributed by atoms with E-state index in [9.17, 15) is 4.21 Å². The van der Waals surface area contributed by atoms with Crippen molar-refractivity contribution in [3.8, 4) is 0 Å². The summed E-state index contributed by atoms with van der Waals surface area (Å²) in [5.41, 5.74) is 2.55. The Hall–Kier alpha value is -0.930. The average molecular weight is 265 g/mol. The molecule has 1 aromatic carbocycles. The second kappa shape index (κ2) is 7.49. The molecule has 0 unspecified atom stereocenters. The molecule has 0 radical (unpaired) electrons. The minimum Gasteiger partial charge on any atom is -0.299 e. The van der Waals surface area contributed by atoms with Crippen LogP contribution in [0.15, 0.2) is 35.9 Å². The number of likely N-dealkylation sites (N-methyl/N-ethyl adjacent to an activating group) is 1. The molecule has 0 aliphatic carbocycles. The Morgan fingerprint density at radius 3 is 2.56 bits per heavy atom. The average Bonchev–Trinajstić information content (AvgIpc) is 2.29. The van der Waals surface area contributed by atoms with E-state index in [1.807, 2.05) is 18.2 Å². The Kier molecular flexibility index (Phi) is 6.30. The lowest BCUT2D eigenvalue weighted by molar-refractivity contribution is 0.300. The van der Waals surface area contributed by atoms with E-state index in [4.69, 9.17) is 0 Å². The van der Waals surface area contributed by atoms with Crippen LogP contribution in [0.1, 0.15) is 19.4 Å². The smallest absolute Gasteiger partial charge is 0.0385 e. The Bertz CT molecular complexity index is 414. The molecule has 100 valence electrons. The van der Waals surface area contributed by atoms with Crippen LogP contribution in [-0.4, -0.2) is 40.8 Å². The van der Waals surface area contributed by atoms with Crippen molar-refractivity contribution in [3.63, 3.8) is 0 Å². The third kappa shape index (κ3) is 5.61. The molecule has 1 rings (SSSR count). The molecule has 3 heteroatoms. The topological polar surface area (TPSA) is 20.3 Å². The van der Waals surface area contributed by atoms with Crippen molar-refractivity contribution < 1.29 is 4.21 Å². The van der Waals surface area contributed by atoms with Crippen molar-refractivity contribution >= 4 is 16.9 Å². The van der Waals surface area contributed by atoms with Crippen LogP contribution in [0.3, 0.4) is 0 Å². The van der Waals surface area contributed by atoms with Crippen molar-refractivity contribution in [2.45, 2.75) is 19.9 Å². The number of benzene rings is 1. The van der Waals surface area contributed by atoms with Gasteiger partial charge < -0.3 is 0 Å². The summed E-state index contributed by atoms with van der Waals surface area (Å²) in [4.78, 5) is 2.25. The van der Waals surface area contributed by atoms with Gasteiger partial charge in [0.05, 0.1) is 0 Å². The Morgan fingerprint density at radius 1 is 1.39 bits per heavy atom. The molecule has 0 aliphatic rings. The van der Waals surface area contributed by atoms with Gasteiger partial charge in [0.2, 0.25) is 0 Å². The maximum absolute atomic E-state index is 11.2. The summed E-state index contributed by atoms with van der Waals surface area (Å²) in [6.07, 6.45) is 3.96. The highest BCUT2D eigenvalue weighted by molar-refractivity contribution is 7.84. The van der Waals surface area contributed by atoms with Crippen LogP contribution in [0, 0.1) is 0 Å². The van der Waals surface area contributed by atoms with Gasteiger partial charge in [-0.1, -0.05) is 42.0 Å². The van der Waals surface area contributed by atoms with Gasteiger partial charge in [-0.05, 0) is 26.5 Å². The van der Waals surface area contributed by atoms with E-state index >= 15 is 0 Å². The zero-order chi connectivity index (χ0) is 13.5. The zero-order valence-electron chi connectivity index (χ0n) is 11.7. The standard InChI is InChI=1S/C15H23NOS/c1-13(10-15-8-6-5-7-9-15)11-16(3)14(2)12-18(4)17/h5-10,14H,11-12H2,1-4H3/b13-10+/t14-,18+/m1/s1. The molecule has 0 saturated heterocycles. The van der Waals surface area contributed by atoms with Crippen LogP contribution in [0.25, 0.3) is 6.08 Å². The van der Waals surface area contributed by atoms with E-state index in [0.717, 1.165) is 12.3 Å². The summed E-state index contributed by atoms with van der Waals surface area (Å²) in [6.45, 7) is 5.17. The van der Waals surface area contributed by atoms with Gasteiger partial charge >= 0.3 is 0 Å². The van der Waals surface area contributed by atoms with Crippen LogP contribution in [-0.2, 0) is 10.8 Å². The second-order valence-electron chi connectivity index (χ2n) is 4.91. The lowest BCUT2D eigenvalue weighted by Gasteiger charge is -2.24. The van der Waals surface area contributed by atoms with Gasteiger partial charge in [0.25, 0.3) is 0 Å². The highest BCUT2D eigenvalue weighted by Gasteiger charge is 2.10. The van der Waals surface area contributed by atoms with Gasteiger partial charge in [0, 0.05) is 35.4 Å². The molecule has 2 nitrogen and oxygen atoms in total. The summed E-state index contributed by atoms with van der Waals surface area (Å²) >= 11 is 0. The third-order valence-corrected chi connectivity index (χ3v) is 3.89. The summed E-state index contributed by atoms with van der Waals surface area (Å²) in [5, 5.41) is 0. The molecule has 0 aromatic heterocycles. The van der Waals surface area contributed by atoms with Crippen LogP contribution in [0.4, 0.5) is 0 Å². The Balaban J connectivity index is 2.56. The molecule has 0 saturated carbocycles. The fourth-order valence-electron chi connectivity index (χ4n) is 1.90. The minimum absolute atomic E-state index is 0.343. The lowest BCUT2D eigenvalue weighted by atomic mass is 10.1. The van der Waals surface area contributed by atoms with Crippen LogP contribution in [0.5, 0.6) is 0 Å². The third-order valence-electron chi connectivity index (χ3n) is 2.94. The quantitative estimate of drug-likeness (QED) is 0.788. The van der Waals surface area contributed by atoms with Gasteiger partial charge in [0.15, 0.2) is 0 Å². The van der Waals surface area contributed by atoms with Gasteiger partial charge in [-0.15, -0.1) is 0 Å². The minimum atomic E-state index is -0.730. The molecule has 1 aromatic rings. The second-order valence-corrected chi connectivity index (χ2v) is 6.39. The van der Waals surface area contributed by atoms with Gasteiger partial charge in [0.1, 0.15) is 0 Å². The van der Waals surface area contributed by atoms with Crippen molar-refractivity contribution in [1.29, 1.82) is 0 Å². The van der Waals surface area contributed by atoms with E-state index in [-0.39, 0.29) is 0 Å². The predicted octanol–water partition coefficient (Wildman–Crippen LogP) is 2.79. The summed E-state index contributed by atoms with van der Waals surface area (Å²) in [5.74, 6) is 0.731. The summed E-state index contributed by atoms with van der Waals surface area (Å²) in [7, 11) is 1.35. The van der Waals surface area contributed by atoms with Gasteiger partial charge in [-0.3, -0.25) is 9.11 Å². The van der Waals surface area contributed by atoms with E-state index in [1.54, 1.807) is 6.26 Å². The van der Waals surface area contributed by atoms with Crippen molar-refractivity contribution in [1.82, 2.24) is 4.90 Å². The summed E-state index contributed by atoms with van der Waals surface area (Å²) < 4.78 is 11.2. The molecule has 0 N–H and O–H groups in total. The van der Waals surface area contributed by atoms with E-state index in [1.165, 1.54) is 11.1 Å². The van der Waals surface area contributed by atoms with Crippen molar-refractivity contribution in [2.24, 2.45) is 0 Å². The molecule has 0 spiro atoms. The SMILES string of the molecule is C/C(=C\c1ccccc1)CN(C)[C@H](C)C[S@](C)=O. The maximum Gasteiger partial charge on any atom is 0.0385 e. The molecular weight excluding hydrogens is 242 g/mol. The molecular formula is C15H23NOS. The van der Waals surface area contributed by atoms with E-state index < -0.39 is 10.8 Å². The first-order valence-corrected chi connectivity index (χ1v) is 7.94. The molecule has 0 aliphatic heterocycles. The highest BCUT2D eigenvalue weighted by atomic mass is 32.2. The molecule has 2 atom stereocenters. The Morgan fingerprint density at radius 2 is 2.00 bits per heavy atom. The number of hydrogen-bond donors (Lipinski definition) is 0.